The van der Waals surface area contributed by atoms with Gasteiger partial charge in [-0.05, 0) is 19.3 Å². The van der Waals surface area contributed by atoms with Gasteiger partial charge in [-0.25, -0.2) is 0 Å². The van der Waals surface area contributed by atoms with E-state index in [4.69, 9.17) is 9.73 Å². The Kier molecular flexibility index (Phi) is 3.14. The molecule has 1 saturated heterocycles. The van der Waals surface area contributed by atoms with Crippen molar-refractivity contribution in [2.75, 3.05) is 12.9 Å². The van der Waals surface area contributed by atoms with E-state index in [1.54, 1.807) is 0 Å². The Bertz CT molecular complexity index is 361. The second kappa shape index (κ2) is 4.41. The lowest BCUT2D eigenvalue weighted by atomic mass is 9.65. The number of rotatable bonds is 2. The number of methoxy groups -OCH3 is 1. The Morgan fingerprint density at radius 3 is 2.67 bits per heavy atom. The van der Waals surface area contributed by atoms with Gasteiger partial charge in [0.25, 0.3) is 0 Å². The van der Waals surface area contributed by atoms with Gasteiger partial charge in [0.05, 0.1) is 12.1 Å². The first-order valence-electron chi connectivity index (χ1n) is 7.07. The largest absolute Gasteiger partial charge is 0.381 e. The van der Waals surface area contributed by atoms with Crippen molar-refractivity contribution in [1.82, 2.24) is 5.32 Å². The maximum atomic E-state index is 5.49. The SMILES string of the molecule is COC1CC(N=C2NC3(CCCC3)CS2)C1(C)C. The highest BCUT2D eigenvalue weighted by Crippen LogP contribution is 2.46. The zero-order valence-electron chi connectivity index (χ0n) is 11.7. The molecule has 3 rings (SSSR count). The molecular weight excluding hydrogens is 244 g/mol. The molecule has 3 aliphatic rings. The van der Waals surface area contributed by atoms with Crippen LogP contribution in [0, 0.1) is 5.41 Å². The van der Waals surface area contributed by atoms with E-state index in [0.717, 1.165) is 6.42 Å². The molecule has 1 N–H and O–H groups in total. The fourth-order valence-corrected chi connectivity index (χ4v) is 4.79. The quantitative estimate of drug-likeness (QED) is 0.836. The van der Waals surface area contributed by atoms with E-state index in [-0.39, 0.29) is 5.41 Å². The Morgan fingerprint density at radius 2 is 2.06 bits per heavy atom. The monoisotopic (exact) mass is 268 g/mol. The van der Waals surface area contributed by atoms with Crippen LogP contribution in [0.2, 0.25) is 0 Å². The lowest BCUT2D eigenvalue weighted by Crippen LogP contribution is -2.54. The molecular formula is C14H24N2OS. The van der Waals surface area contributed by atoms with Crippen molar-refractivity contribution in [3.63, 3.8) is 0 Å². The molecule has 1 heterocycles. The van der Waals surface area contributed by atoms with Crippen molar-refractivity contribution in [2.45, 2.75) is 63.6 Å². The normalized spacial score (nSPS) is 38.9. The summed E-state index contributed by atoms with van der Waals surface area (Å²) in [5.74, 6) is 1.21. The van der Waals surface area contributed by atoms with Gasteiger partial charge in [-0.3, -0.25) is 4.99 Å². The molecule has 18 heavy (non-hydrogen) atoms. The fraction of sp³-hybridized carbons (Fsp3) is 0.929. The standard InChI is InChI=1S/C14H24N2OS/c1-13(2)10(8-11(13)17-3)15-12-16-14(9-18-12)6-4-5-7-14/h10-11H,4-9H2,1-3H3,(H,15,16). The van der Waals surface area contributed by atoms with Crippen molar-refractivity contribution in [3.8, 4) is 0 Å². The van der Waals surface area contributed by atoms with Crippen LogP contribution in [-0.4, -0.2) is 35.7 Å². The molecule has 1 spiro atoms. The van der Waals surface area contributed by atoms with E-state index in [0.29, 0.717) is 17.7 Å². The Balaban J connectivity index is 1.65. The summed E-state index contributed by atoms with van der Waals surface area (Å²) in [6.45, 7) is 4.54. The van der Waals surface area contributed by atoms with Crippen LogP contribution in [0.15, 0.2) is 4.99 Å². The lowest BCUT2D eigenvalue weighted by Gasteiger charge is -2.49. The highest BCUT2D eigenvalue weighted by molar-refractivity contribution is 8.14. The topological polar surface area (TPSA) is 33.6 Å². The highest BCUT2D eigenvalue weighted by Gasteiger charge is 2.49. The van der Waals surface area contributed by atoms with Crippen LogP contribution in [0.4, 0.5) is 0 Å². The van der Waals surface area contributed by atoms with Crippen LogP contribution >= 0.6 is 11.8 Å². The second-order valence-corrected chi connectivity index (χ2v) is 7.60. The zero-order valence-corrected chi connectivity index (χ0v) is 12.5. The van der Waals surface area contributed by atoms with Crippen LogP contribution in [-0.2, 0) is 4.74 Å². The lowest BCUT2D eigenvalue weighted by molar-refractivity contribution is -0.0850. The molecule has 0 aromatic carbocycles. The Morgan fingerprint density at radius 1 is 1.33 bits per heavy atom. The van der Waals surface area contributed by atoms with E-state index < -0.39 is 0 Å². The molecule has 3 fully saturated rings. The average molecular weight is 268 g/mol. The van der Waals surface area contributed by atoms with Gasteiger partial charge in [0.15, 0.2) is 5.17 Å². The van der Waals surface area contributed by atoms with Gasteiger partial charge in [0, 0.05) is 23.8 Å². The van der Waals surface area contributed by atoms with Crippen LogP contribution in [0.3, 0.4) is 0 Å². The summed E-state index contributed by atoms with van der Waals surface area (Å²) in [5, 5.41) is 4.89. The van der Waals surface area contributed by atoms with Crippen molar-refractivity contribution in [2.24, 2.45) is 10.4 Å². The number of amidine groups is 1. The summed E-state index contributed by atoms with van der Waals surface area (Å²) in [7, 11) is 1.81. The summed E-state index contributed by atoms with van der Waals surface area (Å²) in [4.78, 5) is 4.94. The van der Waals surface area contributed by atoms with E-state index in [2.05, 4.69) is 19.2 Å². The third-order valence-electron chi connectivity index (χ3n) is 5.10. The molecule has 3 nitrogen and oxygen atoms in total. The van der Waals surface area contributed by atoms with Gasteiger partial charge in [0.2, 0.25) is 0 Å². The maximum absolute atomic E-state index is 5.49. The van der Waals surface area contributed by atoms with Crippen LogP contribution in [0.1, 0.15) is 46.0 Å². The van der Waals surface area contributed by atoms with Crippen molar-refractivity contribution < 1.29 is 4.74 Å². The summed E-state index contributed by atoms with van der Waals surface area (Å²) in [5.41, 5.74) is 0.577. The predicted molar refractivity (Wildman–Crippen MR) is 77.2 cm³/mol. The third kappa shape index (κ3) is 1.97. The van der Waals surface area contributed by atoms with E-state index in [1.165, 1.54) is 36.6 Å². The Labute approximate surface area is 114 Å². The molecule has 0 amide bonds. The van der Waals surface area contributed by atoms with Crippen molar-refractivity contribution in [1.29, 1.82) is 0 Å². The predicted octanol–water partition coefficient (Wildman–Crippen LogP) is 2.81. The minimum atomic E-state index is 0.190. The van der Waals surface area contributed by atoms with E-state index in [1.807, 2.05) is 18.9 Å². The number of ether oxygens (including phenoxy) is 1. The summed E-state index contributed by atoms with van der Waals surface area (Å²) in [6.07, 6.45) is 6.85. The van der Waals surface area contributed by atoms with Crippen LogP contribution < -0.4 is 5.32 Å². The summed E-state index contributed by atoms with van der Waals surface area (Å²) >= 11 is 1.92. The number of thioether (sulfide) groups is 1. The number of hydrogen-bond donors (Lipinski definition) is 1. The number of hydrogen-bond acceptors (Lipinski definition) is 3. The number of aliphatic imine (C=N–C) groups is 1. The van der Waals surface area contributed by atoms with Crippen LogP contribution in [0.25, 0.3) is 0 Å². The fourth-order valence-electron chi connectivity index (χ4n) is 3.52. The average Bonchev–Trinajstić information content (AvgIpc) is 2.95. The smallest absolute Gasteiger partial charge is 0.157 e. The molecule has 2 atom stereocenters. The Hall–Kier alpha value is -0.220. The number of nitrogens with zero attached hydrogens (tertiary/aromatic N) is 1. The van der Waals surface area contributed by atoms with Crippen molar-refractivity contribution >= 4 is 16.9 Å². The minimum Gasteiger partial charge on any atom is -0.381 e. The molecule has 2 aliphatic carbocycles. The summed E-state index contributed by atoms with van der Waals surface area (Å²) in [6, 6.07) is 0.425. The molecule has 0 aromatic heterocycles. The summed E-state index contributed by atoms with van der Waals surface area (Å²) < 4.78 is 5.49. The zero-order chi connectivity index (χ0) is 12.8. The molecule has 102 valence electrons. The van der Waals surface area contributed by atoms with Gasteiger partial charge < -0.3 is 10.1 Å². The van der Waals surface area contributed by atoms with Crippen molar-refractivity contribution in [3.05, 3.63) is 0 Å². The molecule has 4 heteroatoms. The third-order valence-corrected chi connectivity index (χ3v) is 6.28. The molecule has 0 bridgehead atoms. The highest BCUT2D eigenvalue weighted by atomic mass is 32.2. The molecule has 0 radical (unpaired) electrons. The van der Waals surface area contributed by atoms with Crippen LogP contribution in [0.5, 0.6) is 0 Å². The first-order chi connectivity index (χ1) is 8.56. The van der Waals surface area contributed by atoms with Gasteiger partial charge in [-0.15, -0.1) is 0 Å². The van der Waals surface area contributed by atoms with Gasteiger partial charge in [0.1, 0.15) is 0 Å². The maximum Gasteiger partial charge on any atom is 0.157 e. The molecule has 0 aromatic rings. The first kappa shape index (κ1) is 12.8. The van der Waals surface area contributed by atoms with E-state index in [9.17, 15) is 0 Å². The van der Waals surface area contributed by atoms with Gasteiger partial charge >= 0.3 is 0 Å². The van der Waals surface area contributed by atoms with Gasteiger partial charge in [-0.1, -0.05) is 38.5 Å². The van der Waals surface area contributed by atoms with E-state index >= 15 is 0 Å². The second-order valence-electron chi connectivity index (χ2n) is 6.63. The number of nitrogens with one attached hydrogen (secondary N) is 1. The molecule has 2 unspecified atom stereocenters. The minimum absolute atomic E-state index is 0.190. The molecule has 1 aliphatic heterocycles. The molecule has 2 saturated carbocycles. The van der Waals surface area contributed by atoms with Gasteiger partial charge in [-0.2, -0.15) is 0 Å². The first-order valence-corrected chi connectivity index (χ1v) is 8.06.